The van der Waals surface area contributed by atoms with Crippen LogP contribution in [-0.2, 0) is 30.7 Å². The van der Waals surface area contributed by atoms with E-state index in [0.717, 1.165) is 21.6 Å². The molecule has 2 aliphatic rings. The van der Waals surface area contributed by atoms with Gasteiger partial charge < -0.3 is 9.80 Å². The summed E-state index contributed by atoms with van der Waals surface area (Å²) in [4.78, 5) is 35.3. The zero-order chi connectivity index (χ0) is 21.5. The van der Waals surface area contributed by atoms with Gasteiger partial charge in [0.1, 0.15) is 0 Å². The molecule has 0 saturated heterocycles. The maximum absolute atomic E-state index is 12.7. The molecule has 4 rings (SSSR count). The normalized spacial score (nSPS) is 16.3. The first kappa shape index (κ1) is 20.6. The van der Waals surface area contributed by atoms with Crippen LogP contribution in [0.3, 0.4) is 0 Å². The smallest absolute Gasteiger partial charge is 0.334 e. The first-order chi connectivity index (χ1) is 14.3. The predicted octanol–water partition coefficient (Wildman–Crippen LogP) is 2.84. The molecule has 0 atom stereocenters. The standard InChI is InChI=1S/C20H19F3N4O2S/c1-30-19-24-9-15-16(25-19)11-27(17(15)28)10-12-2-3-13-4-6-26(7-5-14(13)8-12)18(29)20(21,22)23/h2-3,8-9H,4-7,10-11H2,1H3. The number of hydrogen-bond acceptors (Lipinski definition) is 5. The molecule has 0 unspecified atom stereocenters. The van der Waals surface area contributed by atoms with Crippen LogP contribution in [0.25, 0.3) is 0 Å². The number of fused-ring (bicyclic) bond motifs is 2. The van der Waals surface area contributed by atoms with Gasteiger partial charge in [-0.25, -0.2) is 9.97 Å². The number of aromatic nitrogens is 2. The molecule has 0 aliphatic carbocycles. The van der Waals surface area contributed by atoms with Crippen molar-refractivity contribution >= 4 is 23.6 Å². The topological polar surface area (TPSA) is 66.4 Å². The molecule has 0 bridgehead atoms. The first-order valence-corrected chi connectivity index (χ1v) is 10.6. The zero-order valence-corrected chi connectivity index (χ0v) is 17.0. The molecule has 2 aliphatic heterocycles. The number of amides is 2. The Bertz CT molecular complexity index is 1010. The number of halogens is 3. The second-order valence-corrected chi connectivity index (χ2v) is 8.04. The lowest BCUT2D eigenvalue weighted by Gasteiger charge is -2.21. The Labute approximate surface area is 175 Å². The van der Waals surface area contributed by atoms with Gasteiger partial charge in [-0.3, -0.25) is 9.59 Å². The molecular formula is C20H19F3N4O2S. The summed E-state index contributed by atoms with van der Waals surface area (Å²) in [5, 5.41) is 0.617. The number of hydrogen-bond donors (Lipinski definition) is 0. The van der Waals surface area contributed by atoms with Crippen LogP contribution >= 0.6 is 11.8 Å². The molecule has 1 aromatic carbocycles. The molecule has 10 heteroatoms. The predicted molar refractivity (Wildman–Crippen MR) is 104 cm³/mol. The van der Waals surface area contributed by atoms with Gasteiger partial charge >= 0.3 is 12.1 Å². The molecule has 2 aromatic rings. The first-order valence-electron chi connectivity index (χ1n) is 9.42. The number of rotatable bonds is 3. The second-order valence-electron chi connectivity index (χ2n) is 7.27. The summed E-state index contributed by atoms with van der Waals surface area (Å²) in [6.45, 7) is 0.842. The van der Waals surface area contributed by atoms with E-state index >= 15 is 0 Å². The molecule has 0 saturated carbocycles. The van der Waals surface area contributed by atoms with Gasteiger partial charge in [0.25, 0.3) is 5.91 Å². The minimum Gasteiger partial charge on any atom is -0.334 e. The lowest BCUT2D eigenvalue weighted by atomic mass is 10.00. The largest absolute Gasteiger partial charge is 0.471 e. The quantitative estimate of drug-likeness (QED) is 0.547. The molecule has 3 heterocycles. The molecule has 30 heavy (non-hydrogen) atoms. The summed E-state index contributed by atoms with van der Waals surface area (Å²) in [5.41, 5.74) is 3.95. The van der Waals surface area contributed by atoms with Crippen LogP contribution in [0.4, 0.5) is 13.2 Å². The van der Waals surface area contributed by atoms with Crippen molar-refractivity contribution in [2.45, 2.75) is 37.3 Å². The lowest BCUT2D eigenvalue weighted by Crippen LogP contribution is -2.42. The minimum absolute atomic E-state index is 0.0237. The Morgan fingerprint density at radius 2 is 1.93 bits per heavy atom. The van der Waals surface area contributed by atoms with Gasteiger partial charge in [-0.15, -0.1) is 0 Å². The van der Waals surface area contributed by atoms with Crippen LogP contribution in [-0.4, -0.2) is 57.1 Å². The fraction of sp³-hybridized carbons (Fsp3) is 0.400. The van der Waals surface area contributed by atoms with Crippen molar-refractivity contribution in [3.8, 4) is 0 Å². The van der Waals surface area contributed by atoms with Crippen LogP contribution in [0.15, 0.2) is 29.6 Å². The Morgan fingerprint density at radius 1 is 1.20 bits per heavy atom. The van der Waals surface area contributed by atoms with E-state index in [0.29, 0.717) is 42.3 Å². The second kappa shape index (κ2) is 7.90. The molecule has 0 N–H and O–H groups in total. The van der Waals surface area contributed by atoms with Crippen molar-refractivity contribution in [2.75, 3.05) is 19.3 Å². The number of thioether (sulfide) groups is 1. The number of carbonyl (C=O) groups is 2. The average molecular weight is 436 g/mol. The van der Waals surface area contributed by atoms with Crippen LogP contribution in [0.2, 0.25) is 0 Å². The Morgan fingerprint density at radius 3 is 2.63 bits per heavy atom. The number of nitrogens with zero attached hydrogens (tertiary/aromatic N) is 4. The Hall–Kier alpha value is -2.62. The molecule has 0 spiro atoms. The molecule has 1 aromatic heterocycles. The lowest BCUT2D eigenvalue weighted by molar-refractivity contribution is -0.185. The maximum atomic E-state index is 12.7. The summed E-state index contributed by atoms with van der Waals surface area (Å²) in [5.74, 6) is -1.92. The van der Waals surface area contributed by atoms with Gasteiger partial charge in [-0.1, -0.05) is 30.0 Å². The monoisotopic (exact) mass is 436 g/mol. The molecule has 0 fully saturated rings. The highest BCUT2D eigenvalue weighted by atomic mass is 32.2. The van der Waals surface area contributed by atoms with Crippen molar-refractivity contribution in [1.29, 1.82) is 0 Å². The van der Waals surface area contributed by atoms with E-state index in [9.17, 15) is 22.8 Å². The third kappa shape index (κ3) is 4.00. The van der Waals surface area contributed by atoms with E-state index in [2.05, 4.69) is 9.97 Å². The van der Waals surface area contributed by atoms with Gasteiger partial charge in [-0.2, -0.15) is 13.2 Å². The average Bonchev–Trinajstić information content (AvgIpc) is 2.88. The van der Waals surface area contributed by atoms with Crippen LogP contribution in [0.5, 0.6) is 0 Å². The van der Waals surface area contributed by atoms with E-state index in [1.165, 1.54) is 11.8 Å². The number of carbonyl (C=O) groups excluding carboxylic acids is 2. The Balaban J connectivity index is 1.47. The highest BCUT2D eigenvalue weighted by molar-refractivity contribution is 7.98. The van der Waals surface area contributed by atoms with E-state index < -0.39 is 12.1 Å². The van der Waals surface area contributed by atoms with E-state index in [1.54, 1.807) is 11.1 Å². The minimum atomic E-state index is -4.86. The van der Waals surface area contributed by atoms with Crippen LogP contribution < -0.4 is 0 Å². The molecule has 6 nitrogen and oxygen atoms in total. The summed E-state index contributed by atoms with van der Waals surface area (Å²) < 4.78 is 38.2. The van der Waals surface area contributed by atoms with E-state index in [4.69, 9.17) is 0 Å². The summed E-state index contributed by atoms with van der Waals surface area (Å²) >= 11 is 1.41. The summed E-state index contributed by atoms with van der Waals surface area (Å²) in [6.07, 6.45) is -0.707. The highest BCUT2D eigenvalue weighted by Crippen LogP contribution is 2.26. The number of benzene rings is 1. The van der Waals surface area contributed by atoms with Gasteiger partial charge in [0.2, 0.25) is 0 Å². The fourth-order valence-corrected chi connectivity index (χ4v) is 4.19. The van der Waals surface area contributed by atoms with E-state index in [-0.39, 0.29) is 19.0 Å². The summed E-state index contributed by atoms with van der Waals surface area (Å²) in [7, 11) is 0. The van der Waals surface area contributed by atoms with Gasteiger partial charge in [0.15, 0.2) is 5.16 Å². The van der Waals surface area contributed by atoms with Crippen LogP contribution in [0.1, 0.15) is 32.7 Å². The summed E-state index contributed by atoms with van der Waals surface area (Å²) in [6, 6.07) is 5.69. The zero-order valence-electron chi connectivity index (χ0n) is 16.2. The van der Waals surface area contributed by atoms with Crippen molar-refractivity contribution in [2.24, 2.45) is 0 Å². The van der Waals surface area contributed by atoms with Crippen molar-refractivity contribution in [3.05, 3.63) is 52.3 Å². The third-order valence-corrected chi connectivity index (χ3v) is 5.92. The number of alkyl halides is 3. The van der Waals surface area contributed by atoms with Crippen molar-refractivity contribution in [1.82, 2.24) is 19.8 Å². The highest BCUT2D eigenvalue weighted by Gasteiger charge is 2.42. The maximum Gasteiger partial charge on any atom is 0.471 e. The molecular weight excluding hydrogens is 417 g/mol. The van der Waals surface area contributed by atoms with Crippen LogP contribution in [0, 0.1) is 0 Å². The van der Waals surface area contributed by atoms with Crippen molar-refractivity contribution < 1.29 is 22.8 Å². The molecule has 158 valence electrons. The molecule has 0 radical (unpaired) electrons. The van der Waals surface area contributed by atoms with Gasteiger partial charge in [0.05, 0.1) is 17.8 Å². The molecule has 2 amide bonds. The Kier molecular flexibility index (Phi) is 5.44. The fourth-order valence-electron chi connectivity index (χ4n) is 3.83. The SMILES string of the molecule is CSc1ncc2c(n1)CN(Cc1ccc3c(c1)CCN(C(=O)C(F)(F)F)CC3)C2=O. The van der Waals surface area contributed by atoms with Crippen molar-refractivity contribution in [3.63, 3.8) is 0 Å². The van der Waals surface area contributed by atoms with Gasteiger partial charge in [0, 0.05) is 25.8 Å². The van der Waals surface area contributed by atoms with E-state index in [1.807, 2.05) is 24.5 Å². The third-order valence-electron chi connectivity index (χ3n) is 5.36. The van der Waals surface area contributed by atoms with Gasteiger partial charge in [-0.05, 0) is 35.8 Å².